The topological polar surface area (TPSA) is 82.4 Å². The Kier molecular flexibility index (Phi) is 3.22. The Labute approximate surface area is 87.3 Å². The maximum atomic E-state index is 9.69. The second-order valence-corrected chi connectivity index (χ2v) is 3.63. The van der Waals surface area contributed by atoms with Crippen molar-refractivity contribution >= 4 is 0 Å². The molecule has 1 saturated heterocycles. The van der Waals surface area contributed by atoms with E-state index in [0.29, 0.717) is 13.3 Å². The zero-order valence-electron chi connectivity index (χ0n) is 8.19. The van der Waals surface area contributed by atoms with Crippen molar-refractivity contribution in [2.75, 3.05) is 19.9 Å². The summed E-state index contributed by atoms with van der Waals surface area (Å²) in [6, 6.07) is 0. The second kappa shape index (κ2) is 4.46. The number of aliphatic hydroxyl groups excluding tert-OH is 3. The van der Waals surface area contributed by atoms with Gasteiger partial charge in [-0.15, -0.1) is 0 Å². The normalized spacial score (nSPS) is 41.1. The highest BCUT2D eigenvalue weighted by Gasteiger charge is 2.44. The highest BCUT2D eigenvalue weighted by Crippen LogP contribution is 2.24. The highest BCUT2D eigenvalue weighted by molar-refractivity contribution is 4.95. The molecule has 0 aliphatic carbocycles. The Morgan fingerprint density at radius 3 is 2.67 bits per heavy atom. The summed E-state index contributed by atoms with van der Waals surface area (Å²) in [6.45, 7) is 0.529. The Balaban J connectivity index is 2.03. The number of nitrogens with zero attached hydrogens (tertiary/aromatic N) is 1. The molecule has 0 bridgehead atoms. The zero-order chi connectivity index (χ0) is 10.8. The van der Waals surface area contributed by atoms with Crippen LogP contribution in [0.2, 0.25) is 0 Å². The molecule has 0 aromatic rings. The Morgan fingerprint density at radius 2 is 2.13 bits per heavy atom. The van der Waals surface area contributed by atoms with Crippen molar-refractivity contribution in [2.24, 2.45) is 0 Å². The maximum Gasteiger partial charge on any atom is 0.160 e. The van der Waals surface area contributed by atoms with Crippen LogP contribution in [0.3, 0.4) is 0 Å². The van der Waals surface area contributed by atoms with Crippen LogP contribution in [0.5, 0.6) is 0 Å². The van der Waals surface area contributed by atoms with Crippen LogP contribution in [-0.4, -0.2) is 64.7 Å². The fourth-order valence-corrected chi connectivity index (χ4v) is 1.76. The van der Waals surface area contributed by atoms with Gasteiger partial charge in [-0.2, -0.15) is 0 Å². The summed E-state index contributed by atoms with van der Waals surface area (Å²) in [5.41, 5.74) is 0. The maximum absolute atomic E-state index is 9.69. The molecule has 2 aliphatic heterocycles. The first-order chi connectivity index (χ1) is 7.24. The molecule has 1 fully saturated rings. The van der Waals surface area contributed by atoms with E-state index in [0.717, 1.165) is 0 Å². The molecule has 4 atom stereocenters. The number of hydrogen-bond donors (Lipinski definition) is 3. The van der Waals surface area contributed by atoms with Gasteiger partial charge in [0.25, 0.3) is 0 Å². The van der Waals surface area contributed by atoms with Gasteiger partial charge in [-0.1, -0.05) is 0 Å². The summed E-state index contributed by atoms with van der Waals surface area (Å²) >= 11 is 0. The molecular formula is C9H15NO5. The molecular weight excluding hydrogens is 202 g/mol. The van der Waals surface area contributed by atoms with Gasteiger partial charge in [0.05, 0.1) is 13.2 Å². The smallest absolute Gasteiger partial charge is 0.160 e. The highest BCUT2D eigenvalue weighted by atomic mass is 16.6. The molecule has 0 aromatic carbocycles. The van der Waals surface area contributed by atoms with E-state index in [1.807, 2.05) is 0 Å². The average Bonchev–Trinajstić information content (AvgIpc) is 2.57. The lowest BCUT2D eigenvalue weighted by molar-refractivity contribution is -0.115. The van der Waals surface area contributed by atoms with Gasteiger partial charge < -0.3 is 29.7 Å². The van der Waals surface area contributed by atoms with Crippen molar-refractivity contribution in [3.05, 3.63) is 12.3 Å². The summed E-state index contributed by atoms with van der Waals surface area (Å²) in [4.78, 5) is 1.65. The third-order valence-electron chi connectivity index (χ3n) is 2.60. The van der Waals surface area contributed by atoms with Crippen LogP contribution >= 0.6 is 0 Å². The summed E-state index contributed by atoms with van der Waals surface area (Å²) < 4.78 is 10.5. The average molecular weight is 217 g/mol. The second-order valence-electron chi connectivity index (χ2n) is 3.63. The predicted molar refractivity (Wildman–Crippen MR) is 49.6 cm³/mol. The van der Waals surface area contributed by atoms with Gasteiger partial charge in [0, 0.05) is 6.20 Å². The van der Waals surface area contributed by atoms with Gasteiger partial charge in [-0.05, 0) is 6.08 Å². The molecule has 15 heavy (non-hydrogen) atoms. The minimum atomic E-state index is -1.06. The van der Waals surface area contributed by atoms with E-state index in [4.69, 9.17) is 14.6 Å². The molecule has 3 N–H and O–H groups in total. The summed E-state index contributed by atoms with van der Waals surface area (Å²) in [6.07, 6.45) is 0.0556. The molecule has 2 aliphatic rings. The van der Waals surface area contributed by atoms with Crippen LogP contribution in [0.15, 0.2) is 12.3 Å². The first kappa shape index (κ1) is 10.8. The molecule has 0 amide bonds. The molecule has 0 saturated carbocycles. The van der Waals surface area contributed by atoms with Crippen molar-refractivity contribution in [3.8, 4) is 0 Å². The minimum Gasteiger partial charge on any atom is -0.394 e. The van der Waals surface area contributed by atoms with E-state index in [1.165, 1.54) is 0 Å². The summed E-state index contributed by atoms with van der Waals surface area (Å²) in [7, 11) is 0. The monoisotopic (exact) mass is 217 g/mol. The van der Waals surface area contributed by atoms with Gasteiger partial charge >= 0.3 is 0 Å². The SMILES string of the molecule is OC[C@H]1O[C@@H](N2C=CCOC2)[C@H](O)[C@@H]1O. The van der Waals surface area contributed by atoms with E-state index >= 15 is 0 Å². The van der Waals surface area contributed by atoms with E-state index in [9.17, 15) is 10.2 Å². The number of hydrogen-bond acceptors (Lipinski definition) is 6. The van der Waals surface area contributed by atoms with Crippen LogP contribution in [0.4, 0.5) is 0 Å². The number of aliphatic hydroxyl groups is 3. The lowest BCUT2D eigenvalue weighted by Crippen LogP contribution is -2.43. The lowest BCUT2D eigenvalue weighted by Gasteiger charge is -2.30. The summed E-state index contributed by atoms with van der Waals surface area (Å²) in [5, 5.41) is 28.1. The van der Waals surface area contributed by atoms with Crippen LogP contribution in [0.1, 0.15) is 0 Å². The fraction of sp³-hybridized carbons (Fsp3) is 0.778. The van der Waals surface area contributed by atoms with Gasteiger partial charge in [-0.3, -0.25) is 0 Å². The molecule has 6 nitrogen and oxygen atoms in total. The van der Waals surface area contributed by atoms with Crippen molar-refractivity contribution < 1.29 is 24.8 Å². The minimum absolute atomic E-state index is 0.309. The molecule has 86 valence electrons. The first-order valence-corrected chi connectivity index (χ1v) is 4.86. The van der Waals surface area contributed by atoms with Gasteiger partial charge in [0.1, 0.15) is 25.0 Å². The molecule has 2 rings (SSSR count). The zero-order valence-corrected chi connectivity index (χ0v) is 8.19. The van der Waals surface area contributed by atoms with E-state index < -0.39 is 24.5 Å². The van der Waals surface area contributed by atoms with E-state index in [1.54, 1.807) is 17.2 Å². The Bertz CT molecular complexity index is 247. The van der Waals surface area contributed by atoms with Crippen molar-refractivity contribution in [2.45, 2.75) is 24.5 Å². The van der Waals surface area contributed by atoms with Crippen LogP contribution in [0, 0.1) is 0 Å². The third-order valence-corrected chi connectivity index (χ3v) is 2.60. The van der Waals surface area contributed by atoms with Crippen molar-refractivity contribution in [3.63, 3.8) is 0 Å². The number of rotatable bonds is 2. The van der Waals surface area contributed by atoms with Crippen LogP contribution in [0.25, 0.3) is 0 Å². The Morgan fingerprint density at radius 1 is 1.33 bits per heavy atom. The van der Waals surface area contributed by atoms with Gasteiger partial charge in [0.15, 0.2) is 6.23 Å². The fourth-order valence-electron chi connectivity index (χ4n) is 1.76. The molecule has 0 spiro atoms. The van der Waals surface area contributed by atoms with Crippen molar-refractivity contribution in [1.29, 1.82) is 0 Å². The van der Waals surface area contributed by atoms with E-state index in [-0.39, 0.29) is 6.61 Å². The van der Waals surface area contributed by atoms with Gasteiger partial charge in [0.2, 0.25) is 0 Å². The quantitative estimate of drug-likeness (QED) is 0.508. The first-order valence-electron chi connectivity index (χ1n) is 4.86. The van der Waals surface area contributed by atoms with Crippen molar-refractivity contribution in [1.82, 2.24) is 4.90 Å². The summed E-state index contributed by atoms with van der Waals surface area (Å²) in [5.74, 6) is 0. The number of ether oxygens (including phenoxy) is 2. The molecule has 2 heterocycles. The van der Waals surface area contributed by atoms with Crippen LogP contribution < -0.4 is 0 Å². The predicted octanol–water partition coefficient (Wildman–Crippen LogP) is -1.77. The Hall–Kier alpha value is -0.660. The molecule has 0 unspecified atom stereocenters. The van der Waals surface area contributed by atoms with Gasteiger partial charge in [-0.25, -0.2) is 0 Å². The third kappa shape index (κ3) is 1.99. The standard InChI is InChI=1S/C9H15NO5/c11-4-6-7(12)8(13)9(15-6)10-2-1-3-14-5-10/h1-2,6-9,11-13H,3-5H2/t6-,7-,8-,9-/m1/s1. The molecule has 0 radical (unpaired) electrons. The van der Waals surface area contributed by atoms with E-state index in [2.05, 4.69) is 0 Å². The molecule has 0 aromatic heterocycles. The van der Waals surface area contributed by atoms with Crippen LogP contribution in [-0.2, 0) is 9.47 Å². The largest absolute Gasteiger partial charge is 0.394 e. The lowest BCUT2D eigenvalue weighted by atomic mass is 10.1. The molecule has 6 heteroatoms.